The monoisotopic (exact) mass is 366 g/mol. The Morgan fingerprint density at radius 1 is 1.04 bits per heavy atom. The molecular weight excluding hydrogens is 340 g/mol. The molecule has 0 bridgehead atoms. The average Bonchev–Trinajstić information content (AvgIpc) is 2.53. The quantitative estimate of drug-likeness (QED) is 0.630. The molecule has 3 heteroatoms. The lowest BCUT2D eigenvalue weighted by molar-refractivity contribution is 0.0697. The summed E-state index contributed by atoms with van der Waals surface area (Å²) in [7, 11) is 0. The molecule has 0 aromatic heterocycles. The Kier molecular flexibility index (Phi) is 4.78. The minimum absolute atomic E-state index is 0.156. The first-order chi connectivity index (χ1) is 12.1. The predicted molar refractivity (Wildman–Crippen MR) is 111 cm³/mol. The molecule has 0 amide bonds. The first-order valence-corrected chi connectivity index (χ1v) is 9.75. The highest BCUT2D eigenvalue weighted by molar-refractivity contribution is 8.00. The lowest BCUT2D eigenvalue weighted by Crippen LogP contribution is -2.33. The van der Waals surface area contributed by atoms with Crippen molar-refractivity contribution in [2.45, 2.75) is 56.1 Å². The number of carboxylic acids is 1. The topological polar surface area (TPSA) is 37.3 Å². The van der Waals surface area contributed by atoms with Gasteiger partial charge in [-0.1, -0.05) is 52.0 Å². The molecule has 2 nitrogen and oxygen atoms in total. The van der Waals surface area contributed by atoms with E-state index in [1.807, 2.05) is 23.9 Å². The van der Waals surface area contributed by atoms with Gasteiger partial charge in [-0.15, -0.1) is 11.8 Å². The first kappa shape index (κ1) is 18.8. The van der Waals surface area contributed by atoms with E-state index < -0.39 is 5.97 Å². The van der Waals surface area contributed by atoms with Crippen molar-refractivity contribution in [3.05, 3.63) is 64.7 Å². The van der Waals surface area contributed by atoms with Crippen LogP contribution in [0.15, 0.2) is 47.4 Å². The molecule has 0 aliphatic carbocycles. The molecule has 0 saturated carbocycles. The number of rotatable bonds is 3. The summed E-state index contributed by atoms with van der Waals surface area (Å²) in [5.41, 5.74) is 5.31. The Labute approximate surface area is 160 Å². The molecule has 3 rings (SSSR count). The second-order valence-corrected chi connectivity index (χ2v) is 10.1. The van der Waals surface area contributed by atoms with Crippen molar-refractivity contribution < 1.29 is 9.90 Å². The molecule has 0 radical (unpaired) electrons. The van der Waals surface area contributed by atoms with Gasteiger partial charge in [0.1, 0.15) is 0 Å². The van der Waals surface area contributed by atoms with Crippen molar-refractivity contribution in [1.29, 1.82) is 0 Å². The van der Waals surface area contributed by atoms with Crippen molar-refractivity contribution in [1.82, 2.24) is 0 Å². The average molecular weight is 367 g/mol. The maximum Gasteiger partial charge on any atom is 0.335 e. The Morgan fingerprint density at radius 3 is 2.27 bits per heavy atom. The van der Waals surface area contributed by atoms with Gasteiger partial charge in [0.2, 0.25) is 0 Å². The first-order valence-electron chi connectivity index (χ1n) is 8.93. The summed E-state index contributed by atoms with van der Waals surface area (Å²) in [5.74, 6) is -0.894. The summed E-state index contributed by atoms with van der Waals surface area (Å²) < 4.78 is 0.259. The minimum Gasteiger partial charge on any atom is -0.478 e. The van der Waals surface area contributed by atoms with Gasteiger partial charge in [-0.3, -0.25) is 0 Å². The van der Waals surface area contributed by atoms with Gasteiger partial charge in [0.15, 0.2) is 0 Å². The van der Waals surface area contributed by atoms with Crippen molar-refractivity contribution in [2.24, 2.45) is 0 Å². The maximum atomic E-state index is 11.0. The Morgan fingerprint density at radius 2 is 1.65 bits per heavy atom. The number of hydrogen-bond donors (Lipinski definition) is 1. The van der Waals surface area contributed by atoms with Crippen LogP contribution in [0.3, 0.4) is 0 Å². The number of allylic oxidation sites excluding steroid dienone is 1. The molecule has 1 aliphatic heterocycles. The van der Waals surface area contributed by atoms with Crippen molar-refractivity contribution in [2.75, 3.05) is 0 Å². The fourth-order valence-electron chi connectivity index (χ4n) is 3.94. The highest BCUT2D eigenvalue weighted by atomic mass is 32.2. The standard InChI is InChI=1S/C23H26O2S/c1-15(12-16-6-8-17(9-7-16)21(24)25)18-10-11-20-19(13-18)22(2,3)14-23(4,5)26-20/h6-13H,14H2,1-5H3,(H,24,25)/b15-12+. The molecule has 26 heavy (non-hydrogen) atoms. The van der Waals surface area contributed by atoms with E-state index >= 15 is 0 Å². The van der Waals surface area contributed by atoms with E-state index in [0.717, 1.165) is 12.0 Å². The van der Waals surface area contributed by atoms with Crippen LogP contribution in [0.4, 0.5) is 0 Å². The number of benzene rings is 2. The van der Waals surface area contributed by atoms with Gasteiger partial charge in [0.25, 0.3) is 0 Å². The SMILES string of the molecule is C/C(=C\c1ccc(C(=O)O)cc1)c1ccc2c(c1)C(C)(C)CC(C)(C)S2. The van der Waals surface area contributed by atoms with Crippen LogP contribution in [0.5, 0.6) is 0 Å². The molecule has 0 saturated heterocycles. The highest BCUT2D eigenvalue weighted by Crippen LogP contribution is 2.51. The molecule has 0 atom stereocenters. The van der Waals surface area contributed by atoms with Gasteiger partial charge in [-0.2, -0.15) is 0 Å². The zero-order valence-electron chi connectivity index (χ0n) is 16.1. The summed E-state index contributed by atoms with van der Waals surface area (Å²) in [6.45, 7) is 11.4. The second-order valence-electron chi connectivity index (χ2n) is 8.39. The van der Waals surface area contributed by atoms with Crippen LogP contribution in [0.25, 0.3) is 11.6 Å². The van der Waals surface area contributed by atoms with Crippen LogP contribution < -0.4 is 0 Å². The molecule has 1 heterocycles. The molecule has 1 aliphatic rings. The number of carbonyl (C=O) groups is 1. The molecule has 1 N–H and O–H groups in total. The van der Waals surface area contributed by atoms with Crippen LogP contribution in [-0.4, -0.2) is 15.8 Å². The molecule has 2 aromatic rings. The summed E-state index contributed by atoms with van der Waals surface area (Å²) >= 11 is 1.97. The number of hydrogen-bond acceptors (Lipinski definition) is 2. The fourth-order valence-corrected chi connectivity index (χ4v) is 5.55. The Balaban J connectivity index is 1.94. The smallest absolute Gasteiger partial charge is 0.335 e. The molecule has 136 valence electrons. The highest BCUT2D eigenvalue weighted by Gasteiger charge is 2.38. The van der Waals surface area contributed by atoms with E-state index in [0.29, 0.717) is 5.56 Å². The summed E-state index contributed by atoms with van der Waals surface area (Å²) in [5, 5.41) is 9.02. The number of fused-ring (bicyclic) bond motifs is 1. The van der Waals surface area contributed by atoms with Gasteiger partial charge in [0.05, 0.1) is 5.56 Å². The largest absolute Gasteiger partial charge is 0.478 e. The molecular formula is C23H26O2S. The van der Waals surface area contributed by atoms with Crippen LogP contribution in [0.2, 0.25) is 0 Å². The van der Waals surface area contributed by atoms with Crippen LogP contribution in [-0.2, 0) is 5.41 Å². The number of aromatic carboxylic acids is 1. The zero-order valence-corrected chi connectivity index (χ0v) is 16.9. The van der Waals surface area contributed by atoms with Crippen molar-refractivity contribution in [3.8, 4) is 0 Å². The van der Waals surface area contributed by atoms with E-state index in [1.54, 1.807) is 12.1 Å². The summed E-state index contributed by atoms with van der Waals surface area (Å²) in [4.78, 5) is 12.4. The molecule has 0 spiro atoms. The van der Waals surface area contributed by atoms with Crippen LogP contribution in [0.1, 0.15) is 68.1 Å². The third-order valence-electron chi connectivity index (χ3n) is 4.96. The summed E-state index contributed by atoms with van der Waals surface area (Å²) in [6.07, 6.45) is 3.26. The number of thioether (sulfide) groups is 1. The zero-order chi connectivity index (χ0) is 19.1. The third kappa shape index (κ3) is 3.88. The van der Waals surface area contributed by atoms with Crippen molar-refractivity contribution >= 4 is 29.4 Å². The molecule has 2 aromatic carbocycles. The van der Waals surface area contributed by atoms with E-state index in [4.69, 9.17) is 5.11 Å². The van der Waals surface area contributed by atoms with Crippen LogP contribution in [0, 0.1) is 0 Å². The van der Waals surface area contributed by atoms with E-state index in [9.17, 15) is 4.79 Å². The predicted octanol–water partition coefficient (Wildman–Crippen LogP) is 6.50. The van der Waals surface area contributed by atoms with Gasteiger partial charge in [0, 0.05) is 9.64 Å². The minimum atomic E-state index is -0.894. The van der Waals surface area contributed by atoms with Gasteiger partial charge >= 0.3 is 5.97 Å². The van der Waals surface area contributed by atoms with Gasteiger partial charge in [-0.05, 0) is 65.3 Å². The van der Waals surface area contributed by atoms with Crippen LogP contribution >= 0.6 is 11.8 Å². The molecule has 0 unspecified atom stereocenters. The van der Waals surface area contributed by atoms with Gasteiger partial charge in [-0.25, -0.2) is 4.79 Å². The fraction of sp³-hybridized carbons (Fsp3) is 0.348. The lowest BCUT2D eigenvalue weighted by atomic mass is 9.76. The van der Waals surface area contributed by atoms with Crippen molar-refractivity contribution in [3.63, 3.8) is 0 Å². The lowest BCUT2D eigenvalue weighted by Gasteiger charge is -2.42. The van der Waals surface area contributed by atoms with Gasteiger partial charge < -0.3 is 5.11 Å². The maximum absolute atomic E-state index is 11.0. The normalized spacial score (nSPS) is 18.3. The number of carboxylic acid groups (broad SMARTS) is 1. The molecule has 0 fully saturated rings. The Bertz CT molecular complexity index is 874. The Hall–Kier alpha value is -2.00. The second kappa shape index (κ2) is 6.62. The third-order valence-corrected chi connectivity index (χ3v) is 6.23. The van der Waals surface area contributed by atoms with E-state index in [1.165, 1.54) is 21.6 Å². The van der Waals surface area contributed by atoms with E-state index in [2.05, 4.69) is 58.9 Å². The van der Waals surface area contributed by atoms with E-state index in [-0.39, 0.29) is 10.2 Å². The summed E-state index contributed by atoms with van der Waals surface area (Å²) in [6, 6.07) is 13.8.